The molecule has 0 spiro atoms. The van der Waals surface area contributed by atoms with Crippen molar-refractivity contribution in [3.05, 3.63) is 38.0 Å². The van der Waals surface area contributed by atoms with Crippen molar-refractivity contribution in [2.45, 2.75) is 19.1 Å². The molecule has 0 amide bonds. The van der Waals surface area contributed by atoms with Gasteiger partial charge in [-0.05, 0) is 31.0 Å². The Morgan fingerprint density at radius 1 is 1.39 bits per heavy atom. The molecule has 0 saturated heterocycles. The highest BCUT2D eigenvalue weighted by Crippen LogP contribution is 2.37. The summed E-state index contributed by atoms with van der Waals surface area (Å²) >= 11 is 2.22. The van der Waals surface area contributed by atoms with E-state index in [2.05, 4.69) is 10.3 Å². The predicted octanol–water partition coefficient (Wildman–Crippen LogP) is 3.84. The summed E-state index contributed by atoms with van der Waals surface area (Å²) in [7, 11) is 1.73. The number of thiazole rings is 1. The molecule has 0 fully saturated rings. The molecule has 0 aliphatic heterocycles. The lowest BCUT2D eigenvalue weighted by Crippen LogP contribution is -2.16. The van der Waals surface area contributed by atoms with E-state index in [4.69, 9.17) is 0 Å². The van der Waals surface area contributed by atoms with Gasteiger partial charge in [0.1, 0.15) is 0 Å². The van der Waals surface area contributed by atoms with Crippen LogP contribution in [-0.4, -0.2) is 12.0 Å². The van der Waals surface area contributed by atoms with Crippen LogP contribution in [0.2, 0.25) is 0 Å². The highest BCUT2D eigenvalue weighted by Gasteiger charge is 2.35. The minimum absolute atomic E-state index is 0.224. The number of halogens is 3. The summed E-state index contributed by atoms with van der Waals surface area (Å²) in [6.45, 7) is 1.95. The Hall–Kier alpha value is -0.920. The number of aryl methyl sites for hydroxylation is 1. The van der Waals surface area contributed by atoms with Crippen LogP contribution >= 0.6 is 22.7 Å². The summed E-state index contributed by atoms with van der Waals surface area (Å²) < 4.78 is 37.6. The van der Waals surface area contributed by atoms with Gasteiger partial charge in [0.15, 0.2) is 5.01 Å². The highest BCUT2D eigenvalue weighted by molar-refractivity contribution is 7.12. The van der Waals surface area contributed by atoms with Crippen molar-refractivity contribution in [2.75, 3.05) is 7.05 Å². The number of aromatic nitrogens is 1. The fraction of sp³-hybridized carbons (Fsp3) is 0.364. The number of alkyl halides is 3. The lowest BCUT2D eigenvalue weighted by molar-refractivity contribution is -0.137. The normalized spacial score (nSPS) is 13.8. The first kappa shape index (κ1) is 13.5. The Labute approximate surface area is 110 Å². The number of thiophene rings is 1. The van der Waals surface area contributed by atoms with Crippen LogP contribution in [0, 0.1) is 6.92 Å². The molecule has 2 aromatic heterocycles. The van der Waals surface area contributed by atoms with Gasteiger partial charge in [0.25, 0.3) is 0 Å². The van der Waals surface area contributed by atoms with Crippen molar-refractivity contribution >= 4 is 22.7 Å². The lowest BCUT2D eigenvalue weighted by Gasteiger charge is -2.13. The van der Waals surface area contributed by atoms with Crippen molar-refractivity contribution < 1.29 is 13.2 Å². The topological polar surface area (TPSA) is 24.9 Å². The molecule has 2 aromatic rings. The standard InChI is InChI=1S/C11H11F3N2S2/c1-6-3-4-17-9(6)8(15-2)7-5-16-10(18-7)11(12,13)14/h3-5,8,15H,1-2H3. The molecule has 1 unspecified atom stereocenters. The molecular formula is C11H11F3N2S2. The summed E-state index contributed by atoms with van der Waals surface area (Å²) in [4.78, 5) is 5.06. The molecule has 1 atom stereocenters. The Kier molecular flexibility index (Phi) is 3.74. The van der Waals surface area contributed by atoms with Crippen LogP contribution < -0.4 is 5.32 Å². The molecule has 0 aliphatic rings. The Morgan fingerprint density at radius 2 is 2.11 bits per heavy atom. The quantitative estimate of drug-likeness (QED) is 0.929. The molecular weight excluding hydrogens is 281 g/mol. The number of hydrogen-bond donors (Lipinski definition) is 1. The average molecular weight is 292 g/mol. The number of nitrogens with one attached hydrogen (secondary N) is 1. The maximum absolute atomic E-state index is 12.5. The molecule has 7 heteroatoms. The zero-order valence-corrected chi connectivity index (χ0v) is 11.3. The average Bonchev–Trinajstić information content (AvgIpc) is 2.89. The molecule has 2 nitrogen and oxygen atoms in total. The molecule has 0 bridgehead atoms. The molecule has 0 aliphatic carbocycles. The van der Waals surface area contributed by atoms with Crippen LogP contribution in [-0.2, 0) is 6.18 Å². The molecule has 18 heavy (non-hydrogen) atoms. The van der Waals surface area contributed by atoms with Gasteiger partial charge < -0.3 is 5.32 Å². The zero-order valence-electron chi connectivity index (χ0n) is 9.71. The van der Waals surface area contributed by atoms with Crippen LogP contribution in [0.25, 0.3) is 0 Å². The zero-order chi connectivity index (χ0) is 13.3. The Bertz CT molecular complexity index is 530. The second kappa shape index (κ2) is 4.99. The number of hydrogen-bond acceptors (Lipinski definition) is 4. The van der Waals surface area contributed by atoms with E-state index in [0.29, 0.717) is 16.2 Å². The fourth-order valence-corrected chi connectivity index (χ4v) is 3.67. The number of nitrogens with zero attached hydrogens (tertiary/aromatic N) is 1. The largest absolute Gasteiger partial charge is 0.443 e. The van der Waals surface area contributed by atoms with Crippen molar-refractivity contribution in [3.8, 4) is 0 Å². The summed E-state index contributed by atoms with van der Waals surface area (Å²) in [6, 6.07) is 1.73. The molecule has 1 N–H and O–H groups in total. The van der Waals surface area contributed by atoms with Crippen molar-refractivity contribution in [1.82, 2.24) is 10.3 Å². The maximum Gasteiger partial charge on any atom is 0.443 e. The summed E-state index contributed by atoms with van der Waals surface area (Å²) in [5, 5.41) is 4.17. The Balaban J connectivity index is 2.35. The van der Waals surface area contributed by atoms with Crippen LogP contribution in [0.15, 0.2) is 17.6 Å². The third kappa shape index (κ3) is 2.57. The van der Waals surface area contributed by atoms with Gasteiger partial charge in [-0.1, -0.05) is 0 Å². The third-order valence-electron chi connectivity index (χ3n) is 2.50. The van der Waals surface area contributed by atoms with Gasteiger partial charge in [-0.15, -0.1) is 22.7 Å². The van der Waals surface area contributed by atoms with E-state index < -0.39 is 11.2 Å². The van der Waals surface area contributed by atoms with Gasteiger partial charge in [0.05, 0.1) is 6.04 Å². The van der Waals surface area contributed by atoms with E-state index >= 15 is 0 Å². The van der Waals surface area contributed by atoms with E-state index in [1.807, 2.05) is 18.4 Å². The molecule has 2 heterocycles. The predicted molar refractivity (Wildman–Crippen MR) is 67.1 cm³/mol. The van der Waals surface area contributed by atoms with Gasteiger partial charge in [-0.25, -0.2) is 4.98 Å². The second-order valence-electron chi connectivity index (χ2n) is 3.76. The van der Waals surface area contributed by atoms with Gasteiger partial charge in [0, 0.05) is 16.0 Å². The summed E-state index contributed by atoms with van der Waals surface area (Å²) in [6.07, 6.45) is -3.07. The van der Waals surface area contributed by atoms with Gasteiger partial charge in [-0.3, -0.25) is 0 Å². The Morgan fingerprint density at radius 3 is 2.56 bits per heavy atom. The maximum atomic E-state index is 12.5. The monoisotopic (exact) mass is 292 g/mol. The lowest BCUT2D eigenvalue weighted by atomic mass is 10.1. The highest BCUT2D eigenvalue weighted by atomic mass is 32.1. The molecule has 0 aromatic carbocycles. The van der Waals surface area contributed by atoms with Crippen LogP contribution in [0.5, 0.6) is 0 Å². The van der Waals surface area contributed by atoms with Crippen molar-refractivity contribution in [2.24, 2.45) is 0 Å². The summed E-state index contributed by atoms with van der Waals surface area (Å²) in [5.41, 5.74) is 1.07. The molecule has 2 rings (SSSR count). The van der Waals surface area contributed by atoms with Gasteiger partial charge >= 0.3 is 6.18 Å². The van der Waals surface area contributed by atoms with Crippen LogP contribution in [0.4, 0.5) is 13.2 Å². The van der Waals surface area contributed by atoms with E-state index in [1.54, 1.807) is 7.05 Å². The van der Waals surface area contributed by atoms with Crippen LogP contribution in [0.3, 0.4) is 0 Å². The summed E-state index contributed by atoms with van der Waals surface area (Å²) in [5.74, 6) is 0. The van der Waals surface area contributed by atoms with Gasteiger partial charge in [-0.2, -0.15) is 13.2 Å². The van der Waals surface area contributed by atoms with Crippen molar-refractivity contribution in [1.29, 1.82) is 0 Å². The molecule has 0 saturated carbocycles. The molecule has 98 valence electrons. The van der Waals surface area contributed by atoms with Crippen molar-refractivity contribution in [3.63, 3.8) is 0 Å². The minimum atomic E-state index is -4.37. The third-order valence-corrected chi connectivity index (χ3v) is 4.69. The van der Waals surface area contributed by atoms with Gasteiger partial charge in [0.2, 0.25) is 0 Å². The molecule has 0 radical (unpaired) electrons. The van der Waals surface area contributed by atoms with E-state index in [9.17, 15) is 13.2 Å². The first-order valence-corrected chi connectivity index (χ1v) is 6.87. The first-order chi connectivity index (χ1) is 8.43. The van der Waals surface area contributed by atoms with E-state index in [1.165, 1.54) is 17.5 Å². The second-order valence-corrected chi connectivity index (χ2v) is 5.77. The smallest absolute Gasteiger partial charge is 0.308 e. The fourth-order valence-electron chi connectivity index (χ4n) is 1.63. The van der Waals surface area contributed by atoms with E-state index in [-0.39, 0.29) is 6.04 Å². The minimum Gasteiger partial charge on any atom is -0.308 e. The van der Waals surface area contributed by atoms with Crippen LogP contribution in [0.1, 0.15) is 26.4 Å². The SMILES string of the molecule is CNC(c1cnc(C(F)(F)F)s1)c1sccc1C. The number of rotatable bonds is 3. The van der Waals surface area contributed by atoms with E-state index in [0.717, 1.165) is 10.4 Å². The first-order valence-electron chi connectivity index (χ1n) is 5.17.